The molecule has 0 atom stereocenters. The molecule has 0 aliphatic heterocycles. The van der Waals surface area contributed by atoms with Crippen molar-refractivity contribution >= 4 is 0 Å². The maximum absolute atomic E-state index is 12.5. The van der Waals surface area contributed by atoms with Crippen molar-refractivity contribution < 1.29 is 17.9 Å². The Morgan fingerprint density at radius 1 is 1.00 bits per heavy atom. The molecule has 0 radical (unpaired) electrons. The monoisotopic (exact) mass is 423 g/mol. The van der Waals surface area contributed by atoms with Gasteiger partial charge in [-0.15, -0.1) is 13.2 Å². The summed E-state index contributed by atoms with van der Waals surface area (Å²) >= 11 is 0. The van der Waals surface area contributed by atoms with Crippen LogP contribution in [0.3, 0.4) is 0 Å². The van der Waals surface area contributed by atoms with E-state index in [1.807, 2.05) is 6.07 Å². The number of alkyl halides is 3. The summed E-state index contributed by atoms with van der Waals surface area (Å²) in [4.78, 5) is 12.5. The molecule has 4 aromatic rings. The molecule has 2 heterocycles. The number of rotatable bonds is 4. The zero-order valence-corrected chi connectivity index (χ0v) is 15.6. The fourth-order valence-electron chi connectivity index (χ4n) is 2.92. The van der Waals surface area contributed by atoms with E-state index >= 15 is 0 Å². The van der Waals surface area contributed by atoms with Crippen molar-refractivity contribution in [2.75, 3.05) is 0 Å². The molecule has 0 spiro atoms. The maximum Gasteiger partial charge on any atom is 0.573 e. The topological polar surface area (TPSA) is 85.7 Å². The SMILES string of the molecule is N#Cc1ccc(-n2nccc2-c2nn(-c3cccc(OC(F)(F)F)c3)ccc2=O)cc1. The van der Waals surface area contributed by atoms with Gasteiger partial charge in [0.1, 0.15) is 5.75 Å². The maximum atomic E-state index is 12.5. The highest BCUT2D eigenvalue weighted by Gasteiger charge is 2.31. The summed E-state index contributed by atoms with van der Waals surface area (Å²) in [6.07, 6.45) is -1.99. The van der Waals surface area contributed by atoms with Crippen LogP contribution in [0.15, 0.2) is 77.9 Å². The molecule has 0 saturated heterocycles. The van der Waals surface area contributed by atoms with Crippen LogP contribution in [0.4, 0.5) is 13.2 Å². The number of halogens is 3. The van der Waals surface area contributed by atoms with Crippen molar-refractivity contribution in [3.05, 3.63) is 88.8 Å². The summed E-state index contributed by atoms with van der Waals surface area (Å²) in [5, 5.41) is 17.5. The van der Waals surface area contributed by atoms with Crippen molar-refractivity contribution in [3.63, 3.8) is 0 Å². The van der Waals surface area contributed by atoms with Crippen LogP contribution in [-0.2, 0) is 0 Å². The van der Waals surface area contributed by atoms with Gasteiger partial charge in [0.15, 0.2) is 5.69 Å². The van der Waals surface area contributed by atoms with Crippen molar-refractivity contribution in [3.8, 4) is 34.6 Å². The van der Waals surface area contributed by atoms with E-state index in [0.717, 1.165) is 6.07 Å². The number of benzene rings is 2. The summed E-state index contributed by atoms with van der Waals surface area (Å²) in [5.74, 6) is -0.408. The highest BCUT2D eigenvalue weighted by atomic mass is 19.4. The van der Waals surface area contributed by atoms with Crippen molar-refractivity contribution in [1.29, 1.82) is 5.26 Å². The predicted molar refractivity (Wildman–Crippen MR) is 104 cm³/mol. The van der Waals surface area contributed by atoms with Crippen LogP contribution >= 0.6 is 0 Å². The Bertz CT molecular complexity index is 1330. The van der Waals surface area contributed by atoms with E-state index in [0.29, 0.717) is 16.9 Å². The largest absolute Gasteiger partial charge is 0.573 e. The summed E-state index contributed by atoms with van der Waals surface area (Å²) in [6.45, 7) is 0. The van der Waals surface area contributed by atoms with Crippen LogP contribution in [0.25, 0.3) is 22.8 Å². The molecule has 0 aliphatic carbocycles. The van der Waals surface area contributed by atoms with E-state index in [2.05, 4.69) is 14.9 Å². The zero-order chi connectivity index (χ0) is 22.0. The van der Waals surface area contributed by atoms with Gasteiger partial charge in [-0.2, -0.15) is 15.5 Å². The van der Waals surface area contributed by atoms with Crippen molar-refractivity contribution in [1.82, 2.24) is 19.6 Å². The summed E-state index contributed by atoms with van der Waals surface area (Å²) in [7, 11) is 0. The standard InChI is InChI=1S/C21H12F3N5O2/c22-21(23,24)31-17-3-1-2-16(12-17)28-11-9-19(30)20(27-28)18-8-10-26-29(18)15-6-4-14(13-25)5-7-15/h1-12H. The van der Waals surface area contributed by atoms with Gasteiger partial charge in [0.05, 0.1) is 34.9 Å². The fraction of sp³-hybridized carbons (Fsp3) is 0.0476. The number of nitriles is 1. The van der Waals surface area contributed by atoms with Crippen LogP contribution < -0.4 is 10.2 Å². The molecule has 10 heteroatoms. The molecule has 0 saturated carbocycles. The van der Waals surface area contributed by atoms with E-state index < -0.39 is 17.5 Å². The number of aromatic nitrogens is 4. The molecule has 2 aromatic carbocycles. The molecule has 31 heavy (non-hydrogen) atoms. The quantitative estimate of drug-likeness (QED) is 0.498. The summed E-state index contributed by atoms with van der Waals surface area (Å²) < 4.78 is 44.3. The van der Waals surface area contributed by atoms with Gasteiger partial charge in [0.2, 0.25) is 5.43 Å². The average molecular weight is 423 g/mol. The highest BCUT2D eigenvalue weighted by molar-refractivity contribution is 5.57. The van der Waals surface area contributed by atoms with Gasteiger partial charge in [0, 0.05) is 18.3 Å². The lowest BCUT2D eigenvalue weighted by Gasteiger charge is -2.12. The third-order valence-electron chi connectivity index (χ3n) is 4.25. The number of hydrogen-bond donors (Lipinski definition) is 0. The molecule has 2 aromatic heterocycles. The number of ether oxygens (including phenoxy) is 1. The Kier molecular flexibility index (Phi) is 5.00. The van der Waals surface area contributed by atoms with E-state index in [-0.39, 0.29) is 11.4 Å². The third kappa shape index (κ3) is 4.30. The van der Waals surface area contributed by atoms with Gasteiger partial charge >= 0.3 is 6.36 Å². The molecule has 0 N–H and O–H groups in total. The molecule has 0 amide bonds. The van der Waals surface area contributed by atoms with Crippen molar-refractivity contribution in [2.24, 2.45) is 0 Å². The Morgan fingerprint density at radius 3 is 2.48 bits per heavy atom. The molecule has 0 fully saturated rings. The highest BCUT2D eigenvalue weighted by Crippen LogP contribution is 2.25. The molecule has 0 unspecified atom stereocenters. The Labute approximate surface area is 173 Å². The lowest BCUT2D eigenvalue weighted by molar-refractivity contribution is -0.274. The first-order chi connectivity index (χ1) is 14.8. The smallest absolute Gasteiger partial charge is 0.406 e. The minimum atomic E-state index is -4.83. The first-order valence-electron chi connectivity index (χ1n) is 8.85. The average Bonchev–Trinajstić information content (AvgIpc) is 3.23. The minimum absolute atomic E-state index is 0.0477. The molecular weight excluding hydrogens is 411 g/mol. The molecular formula is C21H12F3N5O2. The molecule has 4 rings (SSSR count). The second-order valence-electron chi connectivity index (χ2n) is 6.31. The second kappa shape index (κ2) is 7.79. The minimum Gasteiger partial charge on any atom is -0.406 e. The summed E-state index contributed by atoms with van der Waals surface area (Å²) in [5.41, 5.74) is 1.38. The van der Waals surface area contributed by atoms with Crippen LogP contribution in [0.5, 0.6) is 5.75 Å². The number of hydrogen-bond acceptors (Lipinski definition) is 5. The predicted octanol–water partition coefficient (Wildman–Crippen LogP) is 3.86. The van der Waals surface area contributed by atoms with E-state index in [1.165, 1.54) is 46.0 Å². The third-order valence-corrected chi connectivity index (χ3v) is 4.25. The normalized spacial score (nSPS) is 11.2. The van der Waals surface area contributed by atoms with Crippen LogP contribution in [-0.4, -0.2) is 25.9 Å². The van der Waals surface area contributed by atoms with Gasteiger partial charge in [-0.1, -0.05) is 6.07 Å². The first-order valence-corrected chi connectivity index (χ1v) is 8.85. The molecule has 154 valence electrons. The van der Waals surface area contributed by atoms with Gasteiger partial charge < -0.3 is 4.74 Å². The fourth-order valence-corrected chi connectivity index (χ4v) is 2.92. The zero-order valence-electron chi connectivity index (χ0n) is 15.6. The van der Waals surface area contributed by atoms with Gasteiger partial charge in [0.25, 0.3) is 0 Å². The molecule has 0 aliphatic rings. The van der Waals surface area contributed by atoms with Crippen LogP contribution in [0, 0.1) is 11.3 Å². The van der Waals surface area contributed by atoms with Gasteiger partial charge in [-0.3, -0.25) is 4.79 Å². The van der Waals surface area contributed by atoms with Crippen LogP contribution in [0.2, 0.25) is 0 Å². The van der Waals surface area contributed by atoms with E-state index in [4.69, 9.17) is 5.26 Å². The van der Waals surface area contributed by atoms with E-state index in [9.17, 15) is 18.0 Å². The Morgan fingerprint density at radius 2 is 1.77 bits per heavy atom. The lowest BCUT2D eigenvalue weighted by atomic mass is 10.2. The molecule has 0 bridgehead atoms. The number of nitrogens with zero attached hydrogens (tertiary/aromatic N) is 5. The molecule has 7 nitrogen and oxygen atoms in total. The first kappa shape index (κ1) is 19.9. The van der Waals surface area contributed by atoms with Crippen molar-refractivity contribution in [2.45, 2.75) is 6.36 Å². The van der Waals surface area contributed by atoms with Gasteiger partial charge in [-0.05, 0) is 42.5 Å². The Hall–Kier alpha value is -4.39. The summed E-state index contributed by atoms with van der Waals surface area (Å²) in [6, 6.07) is 16.7. The lowest BCUT2D eigenvalue weighted by Crippen LogP contribution is -2.17. The second-order valence-corrected chi connectivity index (χ2v) is 6.31. The van der Waals surface area contributed by atoms with Gasteiger partial charge in [-0.25, -0.2) is 9.36 Å². The van der Waals surface area contributed by atoms with E-state index in [1.54, 1.807) is 30.3 Å². The Balaban J connectivity index is 1.76. The van der Waals surface area contributed by atoms with Crippen LogP contribution in [0.1, 0.15) is 5.56 Å².